The average Bonchev–Trinajstić information content (AvgIpc) is 2.52. The molecule has 21 heavy (non-hydrogen) atoms. The molecular weight excluding hydrogens is 338 g/mol. The van der Waals surface area contributed by atoms with Crippen LogP contribution in [0.3, 0.4) is 0 Å². The SMILES string of the molecule is Fc1cc(N2CCNC(c3ccccc3)C2)c(F)cc1Br. The van der Waals surface area contributed by atoms with Crippen molar-refractivity contribution in [3.05, 3.63) is 64.1 Å². The monoisotopic (exact) mass is 352 g/mol. The highest BCUT2D eigenvalue weighted by atomic mass is 79.9. The molecule has 0 spiro atoms. The van der Waals surface area contributed by atoms with Crippen LogP contribution in [0, 0.1) is 11.6 Å². The van der Waals surface area contributed by atoms with E-state index in [0.29, 0.717) is 18.8 Å². The fraction of sp³-hybridized carbons (Fsp3) is 0.250. The Labute approximate surface area is 130 Å². The van der Waals surface area contributed by atoms with Crippen molar-refractivity contribution in [3.8, 4) is 0 Å². The third-order valence-electron chi connectivity index (χ3n) is 3.71. The Bertz CT molecular complexity index is 634. The molecule has 2 aromatic rings. The maximum Gasteiger partial charge on any atom is 0.147 e. The number of nitrogens with zero attached hydrogens (tertiary/aromatic N) is 1. The van der Waals surface area contributed by atoms with E-state index in [-0.39, 0.29) is 10.5 Å². The lowest BCUT2D eigenvalue weighted by Gasteiger charge is -2.35. The fourth-order valence-corrected chi connectivity index (χ4v) is 2.95. The smallest absolute Gasteiger partial charge is 0.147 e. The van der Waals surface area contributed by atoms with Gasteiger partial charge in [-0.2, -0.15) is 0 Å². The number of piperazine rings is 1. The van der Waals surface area contributed by atoms with Crippen molar-refractivity contribution in [2.24, 2.45) is 0 Å². The highest BCUT2D eigenvalue weighted by Gasteiger charge is 2.23. The van der Waals surface area contributed by atoms with Crippen LogP contribution in [0.1, 0.15) is 11.6 Å². The van der Waals surface area contributed by atoms with E-state index in [0.717, 1.165) is 12.1 Å². The molecule has 1 aliphatic heterocycles. The molecule has 0 radical (unpaired) electrons. The van der Waals surface area contributed by atoms with E-state index in [2.05, 4.69) is 21.2 Å². The van der Waals surface area contributed by atoms with E-state index < -0.39 is 11.6 Å². The molecule has 1 N–H and O–H groups in total. The number of nitrogens with one attached hydrogen (secondary N) is 1. The first kappa shape index (κ1) is 14.5. The van der Waals surface area contributed by atoms with E-state index in [1.54, 1.807) is 0 Å². The number of hydrogen-bond acceptors (Lipinski definition) is 2. The Morgan fingerprint density at radius 1 is 1.10 bits per heavy atom. The Morgan fingerprint density at radius 3 is 2.62 bits per heavy atom. The van der Waals surface area contributed by atoms with Gasteiger partial charge in [0.1, 0.15) is 11.6 Å². The van der Waals surface area contributed by atoms with Crippen LogP contribution in [-0.4, -0.2) is 19.6 Å². The largest absolute Gasteiger partial charge is 0.366 e. The Kier molecular flexibility index (Phi) is 4.22. The second kappa shape index (κ2) is 6.12. The molecule has 0 aliphatic carbocycles. The number of benzene rings is 2. The predicted molar refractivity (Wildman–Crippen MR) is 83.5 cm³/mol. The van der Waals surface area contributed by atoms with Gasteiger partial charge in [0.25, 0.3) is 0 Å². The zero-order chi connectivity index (χ0) is 14.8. The molecule has 2 nitrogen and oxygen atoms in total. The van der Waals surface area contributed by atoms with Gasteiger partial charge >= 0.3 is 0 Å². The van der Waals surface area contributed by atoms with Crippen LogP contribution in [0.15, 0.2) is 46.9 Å². The van der Waals surface area contributed by atoms with Crippen LogP contribution < -0.4 is 10.2 Å². The van der Waals surface area contributed by atoms with Gasteiger partial charge in [0.05, 0.1) is 10.2 Å². The molecule has 5 heteroatoms. The second-order valence-corrected chi connectivity index (χ2v) is 5.94. The van der Waals surface area contributed by atoms with Gasteiger partial charge < -0.3 is 10.2 Å². The lowest BCUT2D eigenvalue weighted by Crippen LogP contribution is -2.46. The molecule has 1 aliphatic rings. The van der Waals surface area contributed by atoms with Crippen LogP contribution in [-0.2, 0) is 0 Å². The first-order chi connectivity index (χ1) is 10.1. The standard InChI is InChI=1S/C16H15BrF2N2/c17-12-8-14(19)16(9-13(12)18)21-7-6-20-15(10-21)11-4-2-1-3-5-11/h1-5,8-9,15,20H,6-7,10H2. The quantitative estimate of drug-likeness (QED) is 0.825. The van der Waals surface area contributed by atoms with Crippen LogP contribution in [0.5, 0.6) is 0 Å². The zero-order valence-electron chi connectivity index (χ0n) is 11.3. The lowest BCUT2D eigenvalue weighted by atomic mass is 10.0. The summed E-state index contributed by atoms with van der Waals surface area (Å²) in [6.45, 7) is 2.00. The summed E-state index contributed by atoms with van der Waals surface area (Å²) in [5.41, 5.74) is 1.47. The first-order valence-electron chi connectivity index (χ1n) is 6.83. The molecule has 0 bridgehead atoms. The molecule has 0 saturated carbocycles. The van der Waals surface area contributed by atoms with Crippen molar-refractivity contribution < 1.29 is 8.78 Å². The van der Waals surface area contributed by atoms with E-state index in [9.17, 15) is 8.78 Å². The minimum Gasteiger partial charge on any atom is -0.366 e. The third-order valence-corrected chi connectivity index (χ3v) is 4.32. The van der Waals surface area contributed by atoms with Crippen LogP contribution in [0.2, 0.25) is 0 Å². The summed E-state index contributed by atoms with van der Waals surface area (Å²) in [5.74, 6) is -0.849. The molecule has 0 amide bonds. The number of halogens is 3. The number of rotatable bonds is 2. The summed E-state index contributed by atoms with van der Waals surface area (Å²) in [4.78, 5) is 1.89. The van der Waals surface area contributed by atoms with Gasteiger partial charge in [-0.15, -0.1) is 0 Å². The van der Waals surface area contributed by atoms with Crippen molar-refractivity contribution in [2.75, 3.05) is 24.5 Å². The van der Waals surface area contributed by atoms with E-state index >= 15 is 0 Å². The van der Waals surface area contributed by atoms with Gasteiger partial charge in [-0.3, -0.25) is 0 Å². The topological polar surface area (TPSA) is 15.3 Å². The molecule has 110 valence electrons. The van der Waals surface area contributed by atoms with E-state index in [1.165, 1.54) is 12.1 Å². The zero-order valence-corrected chi connectivity index (χ0v) is 12.9. The molecule has 1 atom stereocenters. The van der Waals surface area contributed by atoms with E-state index in [4.69, 9.17) is 0 Å². The molecular formula is C16H15BrF2N2. The number of anilines is 1. The Morgan fingerprint density at radius 2 is 1.86 bits per heavy atom. The van der Waals surface area contributed by atoms with Crippen molar-refractivity contribution in [3.63, 3.8) is 0 Å². The lowest BCUT2D eigenvalue weighted by molar-refractivity contribution is 0.465. The van der Waals surface area contributed by atoms with Crippen molar-refractivity contribution >= 4 is 21.6 Å². The van der Waals surface area contributed by atoms with Crippen molar-refractivity contribution in [1.29, 1.82) is 0 Å². The molecule has 2 aromatic carbocycles. The Balaban J connectivity index is 1.85. The normalized spacial score (nSPS) is 18.8. The predicted octanol–water partition coefficient (Wildman–Crippen LogP) is 3.88. The van der Waals surface area contributed by atoms with Gasteiger partial charge in [0, 0.05) is 31.7 Å². The molecule has 1 heterocycles. The summed E-state index contributed by atoms with van der Waals surface area (Å²) in [6, 6.07) is 12.6. The third kappa shape index (κ3) is 3.09. The van der Waals surface area contributed by atoms with Crippen molar-refractivity contribution in [2.45, 2.75) is 6.04 Å². The molecule has 0 aromatic heterocycles. The van der Waals surface area contributed by atoms with Crippen molar-refractivity contribution in [1.82, 2.24) is 5.32 Å². The summed E-state index contributed by atoms with van der Waals surface area (Å²) >= 11 is 3.01. The maximum atomic E-state index is 14.1. The summed E-state index contributed by atoms with van der Waals surface area (Å²) in [5, 5.41) is 3.41. The van der Waals surface area contributed by atoms with Gasteiger partial charge in [0.2, 0.25) is 0 Å². The fourth-order valence-electron chi connectivity index (χ4n) is 2.63. The molecule has 1 fully saturated rings. The highest BCUT2D eigenvalue weighted by Crippen LogP contribution is 2.29. The van der Waals surface area contributed by atoms with Crippen LogP contribution in [0.4, 0.5) is 14.5 Å². The number of hydrogen-bond donors (Lipinski definition) is 1. The minimum absolute atomic E-state index is 0.117. The summed E-state index contributed by atoms with van der Waals surface area (Å²) in [7, 11) is 0. The maximum absolute atomic E-state index is 14.1. The summed E-state index contributed by atoms with van der Waals surface area (Å²) < 4.78 is 27.9. The highest BCUT2D eigenvalue weighted by molar-refractivity contribution is 9.10. The van der Waals surface area contributed by atoms with Gasteiger partial charge in [-0.05, 0) is 27.6 Å². The average molecular weight is 353 g/mol. The van der Waals surface area contributed by atoms with Gasteiger partial charge in [0.15, 0.2) is 0 Å². The molecule has 1 unspecified atom stereocenters. The van der Waals surface area contributed by atoms with E-state index in [1.807, 2.05) is 35.2 Å². The summed E-state index contributed by atoms with van der Waals surface area (Å²) in [6.07, 6.45) is 0. The van der Waals surface area contributed by atoms with Crippen LogP contribution >= 0.6 is 15.9 Å². The van der Waals surface area contributed by atoms with Gasteiger partial charge in [-0.25, -0.2) is 8.78 Å². The Hall–Kier alpha value is -1.46. The first-order valence-corrected chi connectivity index (χ1v) is 7.62. The van der Waals surface area contributed by atoms with Gasteiger partial charge in [-0.1, -0.05) is 30.3 Å². The molecule has 1 saturated heterocycles. The van der Waals surface area contributed by atoms with Crippen LogP contribution in [0.25, 0.3) is 0 Å². The second-order valence-electron chi connectivity index (χ2n) is 5.08. The molecule has 3 rings (SSSR count). The minimum atomic E-state index is -0.443.